The van der Waals surface area contributed by atoms with Crippen molar-refractivity contribution in [3.05, 3.63) is 83.9 Å². The number of nitrogens with zero attached hydrogens (tertiary/aromatic N) is 12. The molecule has 11 fully saturated rings. The van der Waals surface area contributed by atoms with E-state index in [4.69, 9.17) is 32.5 Å². The van der Waals surface area contributed by atoms with E-state index in [0.717, 1.165) is 158 Å². The number of ether oxygens (including phenoxy) is 2. The summed E-state index contributed by atoms with van der Waals surface area (Å²) >= 11 is 4.97. The maximum absolute atomic E-state index is 12.1. The Morgan fingerprint density at radius 3 is 1.12 bits per heavy atom. The van der Waals surface area contributed by atoms with E-state index >= 15 is 0 Å². The van der Waals surface area contributed by atoms with Crippen molar-refractivity contribution in [2.75, 3.05) is 164 Å². The highest BCUT2D eigenvalue weighted by Gasteiger charge is 2.35. The molecule has 9 N–H and O–H groups in total. The summed E-state index contributed by atoms with van der Waals surface area (Å²) in [5, 5.41) is 28.7. The lowest BCUT2D eigenvalue weighted by atomic mass is 9.89. The molecule has 2 aromatic carbocycles. The van der Waals surface area contributed by atoms with Gasteiger partial charge in [0, 0.05) is 279 Å². The molecule has 0 radical (unpaired) electrons. The summed E-state index contributed by atoms with van der Waals surface area (Å²) in [6, 6.07) is 28.1. The van der Waals surface area contributed by atoms with Gasteiger partial charge in [0.15, 0.2) is 5.78 Å². The zero-order valence-electron chi connectivity index (χ0n) is 78.3. The molecule has 27 heteroatoms. The number of amides is 1. The molecule has 0 spiro atoms. The fourth-order valence-electron chi connectivity index (χ4n) is 19.3. The second kappa shape index (κ2) is 72.1. The highest BCUT2D eigenvalue weighted by Crippen LogP contribution is 2.29. The minimum absolute atomic E-state index is 0. The number of benzene rings is 2. The van der Waals surface area contributed by atoms with Crippen LogP contribution in [0.2, 0.25) is 0 Å². The number of nitrogens with one attached hydrogen (secondary N) is 3. The highest BCUT2D eigenvalue weighted by molar-refractivity contribution is 6.61. The molecule has 0 aromatic heterocycles. The number of hydrogen-bond donors (Lipinski definition) is 7. The van der Waals surface area contributed by atoms with E-state index in [1.165, 1.54) is 188 Å². The minimum Gasteiger partial charge on any atom is -0.449 e. The van der Waals surface area contributed by atoms with Crippen LogP contribution in [0.4, 0.5) is 9.59 Å². The number of Topliss-reactive ketones (excluding diaryl/α,β-unsaturated/α-hetero) is 1. The lowest BCUT2D eigenvalue weighted by molar-refractivity contribution is -0.122. The third-order valence-electron chi connectivity index (χ3n) is 27.1. The van der Waals surface area contributed by atoms with Crippen LogP contribution in [0.25, 0.3) is 0 Å². The Balaban J connectivity index is 0. The molecule has 14 rings (SSSR count). The molecular formula is C101H197Cl2N17O8. The van der Waals surface area contributed by atoms with Crippen molar-refractivity contribution in [3.63, 3.8) is 0 Å². The summed E-state index contributed by atoms with van der Waals surface area (Å²) in [6.07, 6.45) is 29.8. The van der Waals surface area contributed by atoms with Gasteiger partial charge in [-0.25, -0.2) is 15.5 Å². The molecule has 8 atom stereocenters. The maximum Gasteiger partial charge on any atom is 0.407 e. The largest absolute Gasteiger partial charge is 0.449 e. The number of piperazine rings is 6. The molecule has 748 valence electrons. The van der Waals surface area contributed by atoms with Crippen LogP contribution in [0.5, 0.6) is 0 Å². The van der Waals surface area contributed by atoms with Crippen molar-refractivity contribution in [2.45, 2.75) is 373 Å². The van der Waals surface area contributed by atoms with Crippen LogP contribution in [0.15, 0.2) is 78.0 Å². The van der Waals surface area contributed by atoms with Crippen LogP contribution in [-0.4, -0.2) is 342 Å². The highest BCUT2D eigenvalue weighted by atomic mass is 35.5. The first-order valence-corrected chi connectivity index (χ1v) is 48.0. The van der Waals surface area contributed by atoms with Gasteiger partial charge in [0.05, 0.1) is 5.71 Å². The Kier molecular flexibility index (Phi) is 70.8. The van der Waals surface area contributed by atoms with Crippen molar-refractivity contribution >= 4 is 52.8 Å². The normalized spacial score (nSPS) is 25.3. The number of hydrogen-bond acceptors (Lipinski definition) is 24. The number of rotatable bonds is 17. The van der Waals surface area contributed by atoms with Crippen LogP contribution < -0.4 is 27.6 Å². The van der Waals surface area contributed by atoms with E-state index in [-0.39, 0.29) is 81.5 Å². The molecule has 25 nitrogen and oxygen atoms in total. The average molecular weight is 1850 g/mol. The van der Waals surface area contributed by atoms with Gasteiger partial charge in [-0.2, -0.15) is 0 Å². The Hall–Kier alpha value is -4.33. The number of alkyl carbamates (subject to hydrolysis) is 1. The zero-order chi connectivity index (χ0) is 87.9. The van der Waals surface area contributed by atoms with Gasteiger partial charge >= 0.3 is 11.5 Å². The van der Waals surface area contributed by atoms with Crippen LogP contribution in [0.3, 0.4) is 0 Å². The molecule has 1 amide bonds. The number of allylic oxidation sites excluding steroid dienone is 2. The van der Waals surface area contributed by atoms with E-state index < -0.39 is 5.43 Å². The lowest BCUT2D eigenvalue weighted by Crippen LogP contribution is -2.54. The molecule has 6 aliphatic carbocycles. The molecule has 12 aliphatic rings. The summed E-state index contributed by atoms with van der Waals surface area (Å²) in [5.74, 6) is 4.26. The van der Waals surface area contributed by atoms with Gasteiger partial charge < -0.3 is 41.6 Å². The Labute approximate surface area is 795 Å². The van der Waals surface area contributed by atoms with E-state index in [1.807, 2.05) is 66.7 Å². The van der Waals surface area contributed by atoms with Gasteiger partial charge in [0.25, 0.3) is 0 Å². The van der Waals surface area contributed by atoms with Crippen LogP contribution >= 0.6 is 24.0 Å². The monoisotopic (exact) mass is 1850 g/mol. The third kappa shape index (κ3) is 49.2. The van der Waals surface area contributed by atoms with Crippen LogP contribution in [-0.2, 0) is 32.3 Å². The van der Waals surface area contributed by atoms with Crippen molar-refractivity contribution in [1.82, 2.24) is 69.8 Å². The average Bonchev–Trinajstić information content (AvgIpc) is 0.872. The minimum atomic E-state index is -0.770. The predicted molar refractivity (Wildman–Crippen MR) is 545 cm³/mol. The summed E-state index contributed by atoms with van der Waals surface area (Å²) < 4.78 is 9.94. The molecule has 2 aromatic rings. The lowest BCUT2D eigenvalue weighted by Gasteiger charge is -2.43. The smallest absolute Gasteiger partial charge is 0.407 e. The first-order valence-electron chi connectivity index (χ1n) is 47.6. The fraction of sp³-hybridized carbons (Fsp3) is 0.812. The van der Waals surface area contributed by atoms with E-state index in [2.05, 4.69) is 176 Å². The standard InChI is InChI=1S/C21H33N3O2.C14H29N3.C13H25N3O.C13H27N3.C13H24N2O.C8H7ClO2.C7H16N2.C6H8O.6CH4.ClH.H3NO/c1-17(2)23-11-13-24(14-12-23)20-10-6-9-19(15-20)22-21(25)26-16-18-7-4-3-5-8-18;1-12(2)16-7-9-17(10-8-16)14-6-4-5-13(11-14)15-3;1-11(2)15-6-8-16(9-7-15)13-5-3-4-12(10-13)14-17;1-11(2)15-6-8-16(9-7-15)13-5-3-4-12(14)10-13;1-11(2)14-6-8-15(9-7-14)12-4-3-5-13(16)10-12;9-8(10)11-6-7-4-2-1-3-5-7;1-7(2)9-5-3-8-4-6-9;7-6-4-2-1-3-5-6;;;;;;;;1-2/h3-5,7-8,17,19-20H,6,9-16H2,1-2H3,(H,22,25);12-15H,4-11H2,1-3H3;11,13,17H,3-10H2,1-2H3;11-13H,3-10,14H2,1-2H3;11-12H,3-10H2,1-2H3;1-5H,6H2;7-8H,3-6H2,1-2H3;2,4H,1,3,5H2;6*1H4;1H;2H,1H2/b;;14-12+;;;;;;;;;;;;;. The van der Waals surface area contributed by atoms with Gasteiger partial charge in [0.1, 0.15) is 19.0 Å². The van der Waals surface area contributed by atoms with Gasteiger partial charge in [-0.15, -0.1) is 12.4 Å². The first kappa shape index (κ1) is 126. The Morgan fingerprint density at radius 1 is 0.445 bits per heavy atom. The van der Waals surface area contributed by atoms with E-state index in [0.29, 0.717) is 66.8 Å². The summed E-state index contributed by atoms with van der Waals surface area (Å²) in [5.41, 5.74) is 8.25. The zero-order valence-corrected chi connectivity index (χ0v) is 79.9. The van der Waals surface area contributed by atoms with E-state index in [1.54, 1.807) is 6.08 Å². The molecule has 5 saturated carbocycles. The molecule has 0 bridgehead atoms. The number of carbonyl (C=O) groups excluding carboxylic acids is 4. The molecular weight excluding hydrogens is 1650 g/mol. The summed E-state index contributed by atoms with van der Waals surface area (Å²) in [4.78, 5) is 72.6. The predicted octanol–water partition coefficient (Wildman–Crippen LogP) is 17.1. The van der Waals surface area contributed by atoms with Gasteiger partial charge in [0.2, 0.25) is 0 Å². The second-order valence-electron chi connectivity index (χ2n) is 37.3. The second-order valence-corrected chi connectivity index (χ2v) is 37.6. The maximum atomic E-state index is 12.1. The number of oxime groups is 1. The van der Waals surface area contributed by atoms with E-state index in [9.17, 15) is 19.2 Å². The van der Waals surface area contributed by atoms with Crippen molar-refractivity contribution < 1.29 is 39.1 Å². The van der Waals surface area contributed by atoms with Gasteiger partial charge in [-0.1, -0.05) is 129 Å². The number of ketones is 2. The van der Waals surface area contributed by atoms with Crippen molar-refractivity contribution in [1.29, 1.82) is 0 Å². The number of nitrogens with two attached hydrogens (primary N) is 2. The molecule has 6 heterocycles. The molecule has 6 aliphatic heterocycles. The number of carbonyl (C=O) groups is 4. The molecule has 8 unspecified atom stereocenters. The topological polar surface area (TPSA) is 263 Å². The van der Waals surface area contributed by atoms with Crippen molar-refractivity contribution in [3.8, 4) is 0 Å². The van der Waals surface area contributed by atoms with Gasteiger partial charge in [-0.3, -0.25) is 63.5 Å². The summed E-state index contributed by atoms with van der Waals surface area (Å²) in [6.45, 7) is 56.7. The fourth-order valence-corrected chi connectivity index (χ4v) is 19.3. The summed E-state index contributed by atoms with van der Waals surface area (Å²) in [7, 11) is 2.11. The Morgan fingerprint density at radius 2 is 0.789 bits per heavy atom. The SMILES string of the molecule is C.C.C.C.C.C.CC(C)N1CCN(C2CCC/C(=N\O)C2)CC1.CC(C)N1CCN(C2CCCC(=O)C2)CC1.CC(C)N1CCN(C2CCCC(N)C2)CC1.CC(C)N1CCN(C2CCCC(NC(=O)OCc3ccccc3)C2)CC1.CC(C)N1CCNCC1.CNC1CCCC(N2CCN(C(C)C)CC2)C1.Cl.NO.O=C(Cl)OCc1ccccc1.O=C1C=CCCC1. The van der Waals surface area contributed by atoms with Crippen LogP contribution in [0, 0.1) is 0 Å². The van der Waals surface area contributed by atoms with Crippen LogP contribution in [0.1, 0.15) is 286 Å². The molecule has 6 saturated heterocycles. The third-order valence-corrected chi connectivity index (χ3v) is 27.3. The quantitative estimate of drug-likeness (QED) is 0.0441. The Bertz CT molecular complexity index is 3110. The molecule has 128 heavy (non-hydrogen) atoms. The number of halogens is 2. The van der Waals surface area contributed by atoms with Gasteiger partial charge in [-0.05, 0) is 216 Å². The first-order chi connectivity index (χ1) is 58.3. The van der Waals surface area contributed by atoms with Crippen molar-refractivity contribution in [2.24, 2.45) is 16.8 Å².